The number of nitrogens with one attached hydrogen (secondary N) is 1. The first-order valence-corrected chi connectivity index (χ1v) is 8.69. The molecule has 6 heteroatoms. The molecule has 4 amide bonds. The molecule has 0 saturated carbocycles. The summed E-state index contributed by atoms with van der Waals surface area (Å²) in [6.07, 6.45) is 11.8. The van der Waals surface area contributed by atoms with Crippen LogP contribution in [-0.4, -0.2) is 41.5 Å². The molecule has 1 unspecified atom stereocenters. The molecule has 0 aromatic rings. The van der Waals surface area contributed by atoms with Crippen molar-refractivity contribution in [3.63, 3.8) is 0 Å². The van der Waals surface area contributed by atoms with Gasteiger partial charge in [0.25, 0.3) is 0 Å². The lowest BCUT2D eigenvalue weighted by atomic mass is 9.95. The Morgan fingerprint density at radius 3 is 2.83 bits per heavy atom. The molecule has 0 radical (unpaired) electrons. The smallest absolute Gasteiger partial charge is 0.350 e. The minimum atomic E-state index is -0.483. The van der Waals surface area contributed by atoms with Crippen molar-refractivity contribution in [1.29, 1.82) is 0 Å². The molecule has 1 aliphatic carbocycles. The van der Waals surface area contributed by atoms with Crippen LogP contribution in [0.15, 0.2) is 29.3 Å². The average Bonchev–Trinajstić information content (AvgIpc) is 2.57. The standard InChI is InChI=1S/C18H25N3O3/c1-2-3-12-19-16(22)11-5-4-8-13-21-17(23)14-9-6-7-10-15(14)20-18(21)24/h6-7,9-10,14H,2-5,8,11-13H2,1H3,(H,19,22). The maximum Gasteiger partial charge on any atom is 0.350 e. The molecule has 0 bridgehead atoms. The zero-order valence-corrected chi connectivity index (χ0v) is 14.2. The number of nitrogens with zero attached hydrogens (tertiary/aromatic N) is 2. The molecule has 130 valence electrons. The number of urea groups is 1. The Labute approximate surface area is 142 Å². The van der Waals surface area contributed by atoms with E-state index in [0.29, 0.717) is 25.1 Å². The molecule has 1 atom stereocenters. The number of unbranched alkanes of at least 4 members (excludes halogenated alkanes) is 3. The van der Waals surface area contributed by atoms with Crippen molar-refractivity contribution in [3.8, 4) is 0 Å². The van der Waals surface area contributed by atoms with Gasteiger partial charge in [-0.05, 0) is 25.3 Å². The van der Waals surface area contributed by atoms with Crippen molar-refractivity contribution in [3.05, 3.63) is 24.3 Å². The highest BCUT2D eigenvalue weighted by Crippen LogP contribution is 2.20. The van der Waals surface area contributed by atoms with E-state index in [4.69, 9.17) is 0 Å². The molecular formula is C18H25N3O3. The Hall–Kier alpha value is -2.24. The van der Waals surface area contributed by atoms with E-state index in [-0.39, 0.29) is 11.8 Å². The van der Waals surface area contributed by atoms with E-state index in [0.717, 1.165) is 32.2 Å². The lowest BCUT2D eigenvalue weighted by molar-refractivity contribution is -0.129. The number of hydrogen-bond donors (Lipinski definition) is 1. The maximum absolute atomic E-state index is 12.4. The summed E-state index contributed by atoms with van der Waals surface area (Å²) in [5.74, 6) is -0.568. The highest BCUT2D eigenvalue weighted by Gasteiger charge is 2.34. The van der Waals surface area contributed by atoms with Crippen molar-refractivity contribution in [2.45, 2.75) is 45.4 Å². The highest BCUT2D eigenvalue weighted by molar-refractivity contribution is 6.21. The second kappa shape index (κ2) is 9.15. The third kappa shape index (κ3) is 4.88. The number of hydrogen-bond acceptors (Lipinski definition) is 3. The van der Waals surface area contributed by atoms with Gasteiger partial charge in [0.2, 0.25) is 11.8 Å². The summed E-state index contributed by atoms with van der Waals surface area (Å²) in [4.78, 5) is 41.1. The van der Waals surface area contributed by atoms with Gasteiger partial charge in [-0.15, -0.1) is 0 Å². The van der Waals surface area contributed by atoms with Crippen LogP contribution in [-0.2, 0) is 9.59 Å². The molecule has 0 fully saturated rings. The van der Waals surface area contributed by atoms with E-state index in [2.05, 4.69) is 17.2 Å². The van der Waals surface area contributed by atoms with Crippen LogP contribution >= 0.6 is 0 Å². The van der Waals surface area contributed by atoms with E-state index >= 15 is 0 Å². The van der Waals surface area contributed by atoms with Crippen molar-refractivity contribution < 1.29 is 14.4 Å². The van der Waals surface area contributed by atoms with Crippen molar-refractivity contribution in [2.75, 3.05) is 13.1 Å². The Morgan fingerprint density at radius 1 is 1.21 bits per heavy atom. The summed E-state index contributed by atoms with van der Waals surface area (Å²) < 4.78 is 0. The predicted octanol–water partition coefficient (Wildman–Crippen LogP) is 2.61. The molecule has 0 aromatic carbocycles. The minimum absolute atomic E-state index is 0.0712. The molecule has 2 rings (SSSR count). The van der Waals surface area contributed by atoms with Crippen LogP contribution < -0.4 is 5.32 Å². The number of rotatable bonds is 9. The summed E-state index contributed by atoms with van der Waals surface area (Å²) in [6, 6.07) is -0.483. The molecule has 0 aromatic heterocycles. The van der Waals surface area contributed by atoms with Gasteiger partial charge >= 0.3 is 6.03 Å². The number of amides is 4. The van der Waals surface area contributed by atoms with Crippen molar-refractivity contribution in [1.82, 2.24) is 10.2 Å². The van der Waals surface area contributed by atoms with E-state index in [1.807, 2.05) is 0 Å². The number of fused-ring (bicyclic) bond motifs is 1. The van der Waals surface area contributed by atoms with Gasteiger partial charge in [-0.3, -0.25) is 14.5 Å². The highest BCUT2D eigenvalue weighted by atomic mass is 16.2. The fraction of sp³-hybridized carbons (Fsp3) is 0.556. The summed E-state index contributed by atoms with van der Waals surface area (Å²) in [5, 5.41) is 2.88. The molecule has 1 N–H and O–H groups in total. The second-order valence-corrected chi connectivity index (χ2v) is 6.04. The average molecular weight is 331 g/mol. The number of carbonyl (C=O) groups is 3. The molecule has 0 spiro atoms. The van der Waals surface area contributed by atoms with Crippen LogP contribution in [0.3, 0.4) is 0 Å². The number of allylic oxidation sites excluding steroid dienone is 3. The Morgan fingerprint density at radius 2 is 2.04 bits per heavy atom. The van der Waals surface area contributed by atoms with Gasteiger partial charge in [-0.2, -0.15) is 4.99 Å². The van der Waals surface area contributed by atoms with Gasteiger partial charge < -0.3 is 5.32 Å². The Balaban J connectivity index is 1.69. The maximum atomic E-state index is 12.4. The fourth-order valence-corrected chi connectivity index (χ4v) is 2.71. The van der Waals surface area contributed by atoms with Crippen LogP contribution in [0.1, 0.15) is 45.4 Å². The van der Waals surface area contributed by atoms with Crippen LogP contribution in [0.5, 0.6) is 0 Å². The van der Waals surface area contributed by atoms with Crippen LogP contribution in [0, 0.1) is 5.92 Å². The molecule has 0 saturated heterocycles. The molecule has 1 heterocycles. The number of aliphatic imine (C=N–C) groups is 1. The monoisotopic (exact) mass is 331 g/mol. The molecule has 2 aliphatic rings. The van der Waals surface area contributed by atoms with Gasteiger partial charge in [-0.1, -0.05) is 38.0 Å². The Kier molecular flexibility index (Phi) is 6.90. The summed E-state index contributed by atoms with van der Waals surface area (Å²) in [5.41, 5.74) is 0.521. The van der Waals surface area contributed by atoms with E-state index < -0.39 is 11.9 Å². The van der Waals surface area contributed by atoms with Crippen molar-refractivity contribution >= 4 is 23.6 Å². The molecule has 6 nitrogen and oxygen atoms in total. The predicted molar refractivity (Wildman–Crippen MR) is 92.7 cm³/mol. The third-order valence-corrected chi connectivity index (χ3v) is 4.13. The first-order chi connectivity index (χ1) is 11.6. The summed E-state index contributed by atoms with van der Waals surface area (Å²) >= 11 is 0. The van der Waals surface area contributed by atoms with Gasteiger partial charge in [0.05, 0.1) is 11.6 Å². The summed E-state index contributed by atoms with van der Waals surface area (Å²) in [6.45, 7) is 3.18. The fourth-order valence-electron chi connectivity index (χ4n) is 2.71. The second-order valence-electron chi connectivity index (χ2n) is 6.04. The number of carbonyl (C=O) groups excluding carboxylic acids is 3. The van der Waals surface area contributed by atoms with Gasteiger partial charge in [0.15, 0.2) is 0 Å². The molecule has 24 heavy (non-hydrogen) atoms. The molecular weight excluding hydrogens is 306 g/mol. The largest absolute Gasteiger partial charge is 0.356 e. The quantitative estimate of drug-likeness (QED) is 0.660. The van der Waals surface area contributed by atoms with Gasteiger partial charge in [0.1, 0.15) is 0 Å². The van der Waals surface area contributed by atoms with Gasteiger partial charge in [0, 0.05) is 19.5 Å². The lowest BCUT2D eigenvalue weighted by Gasteiger charge is -2.28. The topological polar surface area (TPSA) is 78.8 Å². The number of imide groups is 1. The van der Waals surface area contributed by atoms with Crippen LogP contribution in [0.2, 0.25) is 0 Å². The minimum Gasteiger partial charge on any atom is -0.356 e. The van der Waals surface area contributed by atoms with E-state index in [9.17, 15) is 14.4 Å². The Bertz CT molecular complexity index is 578. The van der Waals surface area contributed by atoms with E-state index in [1.165, 1.54) is 4.90 Å². The summed E-state index contributed by atoms with van der Waals surface area (Å²) in [7, 11) is 0. The van der Waals surface area contributed by atoms with E-state index in [1.54, 1.807) is 24.3 Å². The lowest BCUT2D eigenvalue weighted by Crippen LogP contribution is -2.46. The zero-order valence-electron chi connectivity index (χ0n) is 14.2. The SMILES string of the molecule is CCCCNC(=O)CCCCCN1C(=O)N=C2C=CC=CC2C1=O. The normalized spacial score (nSPS) is 19.3. The first kappa shape index (κ1) is 18.1. The zero-order chi connectivity index (χ0) is 17.4. The van der Waals surface area contributed by atoms with Crippen molar-refractivity contribution in [2.24, 2.45) is 10.9 Å². The first-order valence-electron chi connectivity index (χ1n) is 8.69. The van der Waals surface area contributed by atoms with Crippen LogP contribution in [0.4, 0.5) is 4.79 Å². The van der Waals surface area contributed by atoms with Gasteiger partial charge in [-0.25, -0.2) is 4.79 Å². The van der Waals surface area contributed by atoms with Crippen LogP contribution in [0.25, 0.3) is 0 Å². The molecule has 1 aliphatic heterocycles. The third-order valence-electron chi connectivity index (χ3n) is 4.13.